The van der Waals surface area contributed by atoms with Crippen molar-refractivity contribution >= 4 is 73.0 Å². The molecule has 5 nitrogen and oxygen atoms in total. The quantitative estimate of drug-likeness (QED) is 0.289. The number of pyridine rings is 1. The van der Waals surface area contributed by atoms with Crippen LogP contribution in [0.4, 0.5) is 11.5 Å². The molecular formula is C21H13ClIN4OS+. The molecule has 29 heavy (non-hydrogen) atoms. The van der Waals surface area contributed by atoms with Gasteiger partial charge in [-0.2, -0.15) is 5.26 Å². The Balaban J connectivity index is 2.03. The van der Waals surface area contributed by atoms with Crippen molar-refractivity contribution in [3.05, 3.63) is 73.1 Å². The molecule has 2 aromatic carbocycles. The fourth-order valence-corrected chi connectivity index (χ4v) is 5.06. The molecule has 8 heteroatoms. The van der Waals surface area contributed by atoms with Gasteiger partial charge >= 0.3 is 0 Å². The van der Waals surface area contributed by atoms with E-state index in [1.54, 1.807) is 24.3 Å². The van der Waals surface area contributed by atoms with Crippen molar-refractivity contribution in [1.82, 2.24) is 0 Å². The topological polar surface area (TPSA) is 107 Å². The van der Waals surface area contributed by atoms with Gasteiger partial charge in [-0.15, -0.1) is 0 Å². The Kier molecular flexibility index (Phi) is 5.17. The Hall–Kier alpha value is -2.67. The summed E-state index contributed by atoms with van der Waals surface area (Å²) in [4.78, 5) is 17.1. The van der Waals surface area contributed by atoms with Gasteiger partial charge in [-0.3, -0.25) is 10.5 Å². The Morgan fingerprint density at radius 3 is 2.48 bits per heavy atom. The van der Waals surface area contributed by atoms with Crippen molar-refractivity contribution in [3.8, 4) is 17.2 Å². The Morgan fingerprint density at radius 2 is 1.83 bits per heavy atom. The number of nitriles is 1. The van der Waals surface area contributed by atoms with Gasteiger partial charge in [0.05, 0.1) is 11.1 Å². The molecule has 0 fully saturated rings. The van der Waals surface area contributed by atoms with E-state index in [2.05, 4.69) is 33.6 Å². The van der Waals surface area contributed by atoms with Gasteiger partial charge in [-0.05, 0) is 58.5 Å². The number of carbonyl (C=O) groups is 1. The average Bonchev–Trinajstić information content (AvgIpc) is 3.03. The number of aromatic nitrogens is 1. The molecule has 0 aliphatic heterocycles. The maximum atomic E-state index is 13.1. The first kappa shape index (κ1) is 19.6. The number of halogens is 2. The highest BCUT2D eigenvalue weighted by Gasteiger charge is 2.27. The zero-order valence-electron chi connectivity index (χ0n) is 14.8. The van der Waals surface area contributed by atoms with E-state index in [4.69, 9.17) is 23.1 Å². The molecular weight excluding hydrogens is 519 g/mol. The lowest BCUT2D eigenvalue weighted by molar-refractivity contribution is -0.323. The Labute approximate surface area is 189 Å². The fraction of sp³-hybridized carbons (Fsp3) is 0. The van der Waals surface area contributed by atoms with Crippen LogP contribution in [0.2, 0.25) is 5.02 Å². The second-order valence-electron chi connectivity index (χ2n) is 6.27. The van der Waals surface area contributed by atoms with E-state index >= 15 is 0 Å². The first-order valence-electron chi connectivity index (χ1n) is 8.44. The van der Waals surface area contributed by atoms with E-state index in [-0.39, 0.29) is 11.6 Å². The molecule has 142 valence electrons. The van der Waals surface area contributed by atoms with Gasteiger partial charge < -0.3 is 5.73 Å². The standard InChI is InChI=1S/C21H12ClIN4OS/c22-11-7-5-10(6-8-11)18(28)19-17(25)16-15(12-3-1-2-4-14(12)23)13(9-24)20(26)27-21(16)29-19/h1-8H,25H2,(H2,26,27)/p+1. The number of nitrogen functional groups attached to an aromatic ring is 2. The average molecular weight is 532 g/mol. The fourth-order valence-electron chi connectivity index (χ4n) is 3.18. The van der Waals surface area contributed by atoms with Gasteiger partial charge in [0.15, 0.2) is 4.83 Å². The zero-order valence-corrected chi connectivity index (χ0v) is 18.5. The lowest BCUT2D eigenvalue weighted by atomic mass is 9.96. The van der Waals surface area contributed by atoms with Crippen molar-refractivity contribution < 1.29 is 9.78 Å². The molecule has 0 bridgehead atoms. The van der Waals surface area contributed by atoms with Crippen LogP contribution in [0.15, 0.2) is 48.5 Å². The molecule has 0 aliphatic rings. The second-order valence-corrected chi connectivity index (χ2v) is 8.88. The number of H-pyrrole nitrogens is 1. The lowest BCUT2D eigenvalue weighted by Gasteiger charge is -2.09. The molecule has 2 aromatic heterocycles. The van der Waals surface area contributed by atoms with Gasteiger partial charge in [0.2, 0.25) is 5.78 Å². The summed E-state index contributed by atoms with van der Waals surface area (Å²) in [6.45, 7) is 0. The Bertz CT molecular complexity index is 1330. The summed E-state index contributed by atoms with van der Waals surface area (Å²) in [5.41, 5.74) is 15.2. The molecule has 5 N–H and O–H groups in total. The first-order chi connectivity index (χ1) is 13.9. The van der Waals surface area contributed by atoms with E-state index < -0.39 is 0 Å². The number of aromatic amines is 1. The van der Waals surface area contributed by atoms with E-state index in [9.17, 15) is 10.1 Å². The summed E-state index contributed by atoms with van der Waals surface area (Å²) in [5.74, 6) is 0.0287. The van der Waals surface area contributed by atoms with Gasteiger partial charge in [-0.1, -0.05) is 41.1 Å². The molecule has 0 aliphatic carbocycles. The second kappa shape index (κ2) is 7.63. The van der Waals surface area contributed by atoms with Crippen LogP contribution in [0.3, 0.4) is 0 Å². The maximum Gasteiger partial charge on any atom is 0.290 e. The predicted molar refractivity (Wildman–Crippen MR) is 125 cm³/mol. The number of nitrogens with one attached hydrogen (secondary N) is 1. The molecule has 0 unspecified atom stereocenters. The number of anilines is 2. The summed E-state index contributed by atoms with van der Waals surface area (Å²) in [6, 6.07) is 16.5. The van der Waals surface area contributed by atoms with Crippen LogP contribution in [-0.4, -0.2) is 5.78 Å². The lowest BCUT2D eigenvalue weighted by Crippen LogP contribution is -2.14. The number of thiophene rings is 1. The third kappa shape index (κ3) is 3.33. The predicted octanol–water partition coefficient (Wildman–Crippen LogP) is 4.91. The van der Waals surface area contributed by atoms with Crippen molar-refractivity contribution in [2.45, 2.75) is 0 Å². The van der Waals surface area contributed by atoms with Crippen LogP contribution in [0, 0.1) is 14.9 Å². The number of hydrogen-bond acceptors (Lipinski definition) is 5. The molecule has 2 heterocycles. The number of carbonyl (C=O) groups excluding carboxylic acids is 1. The third-order valence-electron chi connectivity index (χ3n) is 4.53. The normalized spacial score (nSPS) is 10.8. The van der Waals surface area contributed by atoms with Crippen LogP contribution in [0.5, 0.6) is 0 Å². The number of ketones is 1. The largest absolute Gasteiger partial charge is 0.397 e. The molecule has 0 radical (unpaired) electrons. The minimum Gasteiger partial charge on any atom is -0.397 e. The van der Waals surface area contributed by atoms with E-state index in [0.717, 1.165) is 9.13 Å². The monoisotopic (exact) mass is 531 g/mol. The zero-order chi connectivity index (χ0) is 20.7. The van der Waals surface area contributed by atoms with Crippen LogP contribution in [0.1, 0.15) is 20.8 Å². The van der Waals surface area contributed by atoms with Crippen molar-refractivity contribution in [1.29, 1.82) is 5.26 Å². The summed E-state index contributed by atoms with van der Waals surface area (Å²) < 4.78 is 0.949. The molecule has 0 amide bonds. The summed E-state index contributed by atoms with van der Waals surface area (Å²) in [7, 11) is 0. The number of hydrogen-bond donors (Lipinski definition) is 2. The first-order valence-corrected chi connectivity index (χ1v) is 10.7. The van der Waals surface area contributed by atoms with Crippen molar-refractivity contribution in [2.24, 2.45) is 0 Å². The van der Waals surface area contributed by atoms with Gasteiger partial charge in [-0.25, -0.2) is 4.98 Å². The molecule has 0 atom stereocenters. The summed E-state index contributed by atoms with van der Waals surface area (Å²) in [6.07, 6.45) is 0. The van der Waals surface area contributed by atoms with Gasteiger partial charge in [0, 0.05) is 19.7 Å². The molecule has 4 rings (SSSR count). The molecule has 0 saturated heterocycles. The maximum absolute atomic E-state index is 13.1. The highest BCUT2D eigenvalue weighted by molar-refractivity contribution is 14.1. The van der Waals surface area contributed by atoms with Crippen LogP contribution < -0.4 is 16.5 Å². The summed E-state index contributed by atoms with van der Waals surface area (Å²) >= 11 is 9.36. The van der Waals surface area contributed by atoms with Crippen LogP contribution >= 0.6 is 45.5 Å². The number of nitrogens with two attached hydrogens (primary N) is 2. The van der Waals surface area contributed by atoms with Crippen LogP contribution in [-0.2, 0) is 0 Å². The van der Waals surface area contributed by atoms with E-state index in [1.165, 1.54) is 11.3 Å². The highest BCUT2D eigenvalue weighted by Crippen LogP contribution is 2.42. The number of fused-ring (bicyclic) bond motifs is 1. The SMILES string of the molecule is N#Cc1c(N)[nH+]c2sc(C(=O)c3ccc(Cl)cc3)c(N)c2c1-c1ccccc1I. The van der Waals surface area contributed by atoms with Gasteiger partial charge in [0.25, 0.3) is 5.82 Å². The van der Waals surface area contributed by atoms with Gasteiger partial charge in [0.1, 0.15) is 16.5 Å². The minimum atomic E-state index is -0.209. The minimum absolute atomic E-state index is 0.209. The molecule has 0 spiro atoms. The number of benzene rings is 2. The number of nitrogens with zero attached hydrogens (tertiary/aromatic N) is 1. The van der Waals surface area contributed by atoms with E-state index in [1.807, 2.05) is 24.3 Å². The summed E-state index contributed by atoms with van der Waals surface area (Å²) in [5, 5.41) is 10.9. The molecule has 4 aromatic rings. The molecule has 0 saturated carbocycles. The van der Waals surface area contributed by atoms with Crippen molar-refractivity contribution in [2.75, 3.05) is 11.5 Å². The highest BCUT2D eigenvalue weighted by atomic mass is 127. The number of rotatable bonds is 3. The smallest absolute Gasteiger partial charge is 0.290 e. The third-order valence-corrected chi connectivity index (χ3v) is 6.84. The van der Waals surface area contributed by atoms with Crippen molar-refractivity contribution in [3.63, 3.8) is 0 Å². The Morgan fingerprint density at radius 1 is 1.14 bits per heavy atom. The van der Waals surface area contributed by atoms with E-state index in [0.29, 0.717) is 42.5 Å². The van der Waals surface area contributed by atoms with Crippen LogP contribution in [0.25, 0.3) is 21.3 Å².